The molecule has 27 heavy (non-hydrogen) atoms. The molecule has 0 aliphatic rings. The summed E-state index contributed by atoms with van der Waals surface area (Å²) in [5.41, 5.74) is 2.93. The molecule has 3 aromatic rings. The van der Waals surface area contributed by atoms with Gasteiger partial charge in [0.05, 0.1) is 28.4 Å². The molecule has 2 heterocycles. The number of rotatable bonds is 6. The zero-order chi connectivity index (χ0) is 19.2. The lowest BCUT2D eigenvalue weighted by molar-refractivity contribution is 0.0949. The summed E-state index contributed by atoms with van der Waals surface area (Å²) >= 11 is 7.55. The summed E-state index contributed by atoms with van der Waals surface area (Å²) in [7, 11) is 0. The first-order valence-corrected chi connectivity index (χ1v) is 9.23. The number of thiophene rings is 1. The SMILES string of the molecule is CCOc1ccc(/C=N/NC(=O)c2cc(-c3cccs3)[nH]c(=O)n2)cc1Cl. The van der Waals surface area contributed by atoms with E-state index in [4.69, 9.17) is 16.3 Å². The fourth-order valence-corrected chi connectivity index (χ4v) is 3.17. The van der Waals surface area contributed by atoms with Crippen molar-refractivity contribution in [2.45, 2.75) is 6.92 Å². The van der Waals surface area contributed by atoms with Crippen molar-refractivity contribution in [2.75, 3.05) is 6.61 Å². The van der Waals surface area contributed by atoms with Crippen molar-refractivity contribution in [3.05, 3.63) is 68.5 Å². The van der Waals surface area contributed by atoms with Crippen LogP contribution in [0.5, 0.6) is 5.75 Å². The van der Waals surface area contributed by atoms with Gasteiger partial charge < -0.3 is 9.72 Å². The lowest BCUT2D eigenvalue weighted by Crippen LogP contribution is -2.24. The highest BCUT2D eigenvalue weighted by Crippen LogP contribution is 2.25. The molecule has 9 heteroatoms. The summed E-state index contributed by atoms with van der Waals surface area (Å²) in [4.78, 5) is 31.1. The molecule has 0 aliphatic heterocycles. The molecule has 0 bridgehead atoms. The third-order valence-electron chi connectivity index (χ3n) is 3.40. The molecule has 138 valence electrons. The number of hydrazone groups is 1. The third kappa shape index (κ3) is 4.81. The normalized spacial score (nSPS) is 10.9. The van der Waals surface area contributed by atoms with E-state index in [0.29, 0.717) is 28.6 Å². The van der Waals surface area contributed by atoms with E-state index < -0.39 is 11.6 Å². The van der Waals surface area contributed by atoms with E-state index in [-0.39, 0.29) is 5.69 Å². The highest BCUT2D eigenvalue weighted by atomic mass is 35.5. The van der Waals surface area contributed by atoms with Crippen LogP contribution >= 0.6 is 22.9 Å². The number of nitrogens with zero attached hydrogens (tertiary/aromatic N) is 2. The van der Waals surface area contributed by atoms with Gasteiger partial charge in [0.15, 0.2) is 0 Å². The van der Waals surface area contributed by atoms with E-state index in [1.165, 1.54) is 23.6 Å². The number of aromatic nitrogens is 2. The second-order valence-corrected chi connectivity index (χ2v) is 6.64. The summed E-state index contributed by atoms with van der Waals surface area (Å²) < 4.78 is 5.36. The van der Waals surface area contributed by atoms with Crippen molar-refractivity contribution < 1.29 is 9.53 Å². The van der Waals surface area contributed by atoms with Crippen molar-refractivity contribution in [3.8, 4) is 16.3 Å². The number of nitrogens with one attached hydrogen (secondary N) is 2. The smallest absolute Gasteiger partial charge is 0.346 e. The Labute approximate surface area is 163 Å². The van der Waals surface area contributed by atoms with Crippen molar-refractivity contribution >= 4 is 35.1 Å². The van der Waals surface area contributed by atoms with Crippen LogP contribution in [-0.4, -0.2) is 28.7 Å². The van der Waals surface area contributed by atoms with Crippen LogP contribution in [0.3, 0.4) is 0 Å². The zero-order valence-corrected chi connectivity index (χ0v) is 15.8. The van der Waals surface area contributed by atoms with Crippen LogP contribution in [0, 0.1) is 0 Å². The summed E-state index contributed by atoms with van der Waals surface area (Å²) in [6.45, 7) is 2.38. The standard InChI is InChI=1S/C18H15ClN4O3S/c1-2-26-15-6-5-11(8-12(15)19)10-20-23-17(24)14-9-13(21-18(25)22-14)16-4-3-7-27-16/h3-10H,2H2,1H3,(H,23,24)(H,21,22,25)/b20-10+. The number of aromatic amines is 1. The average molecular weight is 403 g/mol. The highest BCUT2D eigenvalue weighted by molar-refractivity contribution is 7.13. The number of ether oxygens (including phenoxy) is 1. The van der Waals surface area contributed by atoms with E-state index in [9.17, 15) is 9.59 Å². The second-order valence-electron chi connectivity index (χ2n) is 5.28. The van der Waals surface area contributed by atoms with Crippen LogP contribution < -0.4 is 15.9 Å². The molecule has 0 spiro atoms. The molecule has 0 atom stereocenters. The molecule has 0 saturated heterocycles. The molecule has 1 amide bonds. The zero-order valence-electron chi connectivity index (χ0n) is 14.2. The summed E-state index contributed by atoms with van der Waals surface area (Å²) in [5.74, 6) is -0.0126. The number of carbonyl (C=O) groups excluding carboxylic acids is 1. The summed E-state index contributed by atoms with van der Waals surface area (Å²) in [6, 6.07) is 10.3. The number of halogens is 1. The van der Waals surface area contributed by atoms with Gasteiger partial charge in [-0.2, -0.15) is 10.1 Å². The minimum Gasteiger partial charge on any atom is -0.492 e. The van der Waals surface area contributed by atoms with Crippen molar-refractivity contribution in [3.63, 3.8) is 0 Å². The van der Waals surface area contributed by atoms with Crippen LogP contribution in [-0.2, 0) is 0 Å². The van der Waals surface area contributed by atoms with Crippen molar-refractivity contribution in [1.29, 1.82) is 0 Å². The first kappa shape index (κ1) is 18.8. The maximum absolute atomic E-state index is 12.2. The molecule has 2 aromatic heterocycles. The average Bonchev–Trinajstić information content (AvgIpc) is 3.18. The Morgan fingerprint density at radius 3 is 2.96 bits per heavy atom. The Morgan fingerprint density at radius 2 is 2.26 bits per heavy atom. The minimum atomic E-state index is -0.603. The monoisotopic (exact) mass is 402 g/mol. The second kappa shape index (κ2) is 8.61. The molecular weight excluding hydrogens is 388 g/mol. The predicted octanol–water partition coefficient (Wildman–Crippen LogP) is 3.31. The third-order valence-corrected chi connectivity index (χ3v) is 4.60. The Morgan fingerprint density at radius 1 is 1.41 bits per heavy atom. The summed E-state index contributed by atoms with van der Waals surface area (Å²) in [6.07, 6.45) is 1.44. The van der Waals surface area contributed by atoms with Gasteiger partial charge >= 0.3 is 5.69 Å². The minimum absolute atomic E-state index is 0.0240. The predicted molar refractivity (Wildman–Crippen MR) is 106 cm³/mol. The molecule has 1 aromatic carbocycles. The van der Waals surface area contributed by atoms with Gasteiger partial charge in [-0.15, -0.1) is 11.3 Å². The highest BCUT2D eigenvalue weighted by Gasteiger charge is 2.11. The van der Waals surface area contributed by atoms with E-state index in [2.05, 4.69) is 20.5 Å². The fourth-order valence-electron chi connectivity index (χ4n) is 2.23. The Hall–Kier alpha value is -2.97. The van der Waals surface area contributed by atoms with Gasteiger partial charge in [-0.1, -0.05) is 17.7 Å². The largest absolute Gasteiger partial charge is 0.492 e. The molecule has 7 nitrogen and oxygen atoms in total. The first-order chi connectivity index (χ1) is 13.1. The van der Waals surface area contributed by atoms with Gasteiger partial charge in [-0.05, 0) is 48.2 Å². The molecular formula is C18H15ClN4O3S. The van der Waals surface area contributed by atoms with Gasteiger partial charge in [0.2, 0.25) is 0 Å². The van der Waals surface area contributed by atoms with Crippen LogP contribution in [0.25, 0.3) is 10.6 Å². The van der Waals surface area contributed by atoms with Gasteiger partial charge in [-0.25, -0.2) is 10.2 Å². The molecule has 0 aliphatic carbocycles. The number of hydrogen-bond acceptors (Lipinski definition) is 6. The topological polar surface area (TPSA) is 96.4 Å². The Bertz CT molecular complexity index is 1030. The Kier molecular flexibility index (Phi) is 6.00. The number of hydrogen-bond donors (Lipinski definition) is 2. The van der Waals surface area contributed by atoms with Crippen molar-refractivity contribution in [2.24, 2.45) is 5.10 Å². The Balaban J connectivity index is 1.72. The van der Waals surface area contributed by atoms with E-state index in [0.717, 1.165) is 4.88 Å². The molecule has 0 radical (unpaired) electrons. The maximum Gasteiger partial charge on any atom is 0.346 e. The molecule has 3 rings (SSSR count). The number of H-pyrrole nitrogens is 1. The molecule has 2 N–H and O–H groups in total. The molecule has 0 unspecified atom stereocenters. The lowest BCUT2D eigenvalue weighted by atomic mass is 10.2. The summed E-state index contributed by atoms with van der Waals surface area (Å²) in [5, 5.41) is 6.21. The number of amides is 1. The quantitative estimate of drug-likeness (QED) is 0.488. The van der Waals surface area contributed by atoms with Crippen LogP contribution in [0.15, 0.2) is 51.7 Å². The van der Waals surface area contributed by atoms with Crippen LogP contribution in [0.2, 0.25) is 5.02 Å². The van der Waals surface area contributed by atoms with E-state index >= 15 is 0 Å². The lowest BCUT2D eigenvalue weighted by Gasteiger charge is -2.05. The number of carbonyl (C=O) groups is 1. The fraction of sp³-hybridized carbons (Fsp3) is 0.111. The van der Waals surface area contributed by atoms with Gasteiger partial charge in [0.1, 0.15) is 11.4 Å². The number of benzene rings is 1. The first-order valence-electron chi connectivity index (χ1n) is 7.98. The van der Waals surface area contributed by atoms with Crippen molar-refractivity contribution in [1.82, 2.24) is 15.4 Å². The molecule has 0 saturated carbocycles. The van der Waals surface area contributed by atoms with Crippen LogP contribution in [0.4, 0.5) is 0 Å². The van der Waals surface area contributed by atoms with E-state index in [1.807, 2.05) is 24.4 Å². The van der Waals surface area contributed by atoms with Crippen LogP contribution in [0.1, 0.15) is 23.0 Å². The molecule has 0 fully saturated rings. The van der Waals surface area contributed by atoms with Gasteiger partial charge in [0.25, 0.3) is 5.91 Å². The maximum atomic E-state index is 12.2. The van der Waals surface area contributed by atoms with Gasteiger partial charge in [-0.3, -0.25) is 4.79 Å². The van der Waals surface area contributed by atoms with E-state index in [1.54, 1.807) is 18.2 Å². The van der Waals surface area contributed by atoms with Gasteiger partial charge in [0, 0.05) is 0 Å².